The number of aryl methyl sites for hydroxylation is 1. The highest BCUT2D eigenvalue weighted by molar-refractivity contribution is 6.32. The number of rotatable bonds is 9. The zero-order valence-electron chi connectivity index (χ0n) is 21.8. The highest BCUT2D eigenvalue weighted by atomic mass is 35.5. The van der Waals surface area contributed by atoms with Gasteiger partial charge in [0.2, 0.25) is 11.8 Å². The average molecular weight is 512 g/mol. The monoisotopic (exact) mass is 511 g/mol. The zero-order chi connectivity index (χ0) is 25.8. The summed E-state index contributed by atoms with van der Waals surface area (Å²) in [5.41, 5.74) is 3.08. The summed E-state index contributed by atoms with van der Waals surface area (Å²) in [6, 6.07) is 14.0. The third-order valence-electron chi connectivity index (χ3n) is 7.54. The van der Waals surface area contributed by atoms with Crippen LogP contribution in [0.3, 0.4) is 0 Å². The summed E-state index contributed by atoms with van der Waals surface area (Å²) in [6.07, 6.45) is 3.04. The second-order valence-corrected chi connectivity index (χ2v) is 10.8. The number of nitrogens with zero attached hydrogens (tertiary/aromatic N) is 2. The maximum absolute atomic E-state index is 13.4. The Labute approximate surface area is 219 Å². The molecule has 2 aromatic rings. The van der Waals surface area contributed by atoms with Gasteiger partial charge in [-0.25, -0.2) is 0 Å². The highest BCUT2D eigenvalue weighted by Crippen LogP contribution is 2.41. The van der Waals surface area contributed by atoms with Crippen LogP contribution in [-0.2, 0) is 9.59 Å². The average Bonchev–Trinajstić information content (AvgIpc) is 3.14. The van der Waals surface area contributed by atoms with Crippen LogP contribution in [0.15, 0.2) is 42.5 Å². The van der Waals surface area contributed by atoms with Crippen molar-refractivity contribution in [2.24, 2.45) is 5.92 Å². The van der Waals surface area contributed by atoms with Gasteiger partial charge in [-0.3, -0.25) is 9.59 Å². The molecule has 0 radical (unpaired) electrons. The predicted molar refractivity (Wildman–Crippen MR) is 145 cm³/mol. The minimum absolute atomic E-state index is 0.0570. The summed E-state index contributed by atoms with van der Waals surface area (Å²) < 4.78 is 6.34. The Bertz CT molecular complexity index is 1080. The lowest BCUT2D eigenvalue weighted by atomic mass is 9.97. The molecule has 0 saturated carbocycles. The lowest BCUT2D eigenvalue weighted by Crippen LogP contribution is -2.47. The lowest BCUT2D eigenvalue weighted by molar-refractivity contribution is -0.126. The van der Waals surface area contributed by atoms with Crippen molar-refractivity contribution < 1.29 is 14.3 Å². The van der Waals surface area contributed by atoms with E-state index in [2.05, 4.69) is 24.1 Å². The third-order valence-corrected chi connectivity index (χ3v) is 7.85. The van der Waals surface area contributed by atoms with Crippen molar-refractivity contribution in [2.45, 2.75) is 64.5 Å². The van der Waals surface area contributed by atoms with Gasteiger partial charge in [0.05, 0.1) is 10.9 Å². The number of hydrogen-bond donors (Lipinski definition) is 1. The van der Waals surface area contributed by atoms with Crippen LogP contribution < -0.4 is 15.0 Å². The Morgan fingerprint density at radius 1 is 1.17 bits per heavy atom. The topological polar surface area (TPSA) is 61.9 Å². The predicted octanol–water partition coefficient (Wildman–Crippen LogP) is 5.17. The van der Waals surface area contributed by atoms with Crippen molar-refractivity contribution in [1.82, 2.24) is 10.2 Å². The Hall–Kier alpha value is -2.57. The second-order valence-electron chi connectivity index (χ2n) is 10.4. The number of carbonyl (C=O) groups is 2. The summed E-state index contributed by atoms with van der Waals surface area (Å²) >= 11 is 6.38. The molecule has 0 aromatic heterocycles. The van der Waals surface area contributed by atoms with Crippen molar-refractivity contribution in [2.75, 3.05) is 31.6 Å². The van der Waals surface area contributed by atoms with E-state index in [-0.39, 0.29) is 30.4 Å². The molecule has 0 aliphatic carbocycles. The van der Waals surface area contributed by atoms with E-state index in [1.165, 1.54) is 0 Å². The Kier molecular flexibility index (Phi) is 8.58. The molecule has 2 aromatic carbocycles. The first-order valence-electron chi connectivity index (χ1n) is 13.1. The first-order chi connectivity index (χ1) is 17.3. The minimum Gasteiger partial charge on any atom is -0.489 e. The van der Waals surface area contributed by atoms with E-state index < -0.39 is 5.92 Å². The molecule has 2 aliphatic rings. The van der Waals surface area contributed by atoms with Gasteiger partial charge >= 0.3 is 0 Å². The van der Waals surface area contributed by atoms with E-state index in [1.807, 2.05) is 54.3 Å². The normalized spacial score (nSPS) is 19.4. The number of para-hydroxylation sites is 1. The van der Waals surface area contributed by atoms with Gasteiger partial charge in [0, 0.05) is 44.8 Å². The fourth-order valence-electron chi connectivity index (χ4n) is 5.39. The van der Waals surface area contributed by atoms with Gasteiger partial charge in [-0.1, -0.05) is 49.7 Å². The molecule has 194 valence electrons. The van der Waals surface area contributed by atoms with E-state index in [1.54, 1.807) is 7.05 Å². The summed E-state index contributed by atoms with van der Waals surface area (Å²) in [5, 5.41) is 3.31. The summed E-state index contributed by atoms with van der Waals surface area (Å²) in [7, 11) is 1.62. The second kappa shape index (κ2) is 11.7. The van der Waals surface area contributed by atoms with E-state index >= 15 is 0 Å². The molecule has 1 N–H and O–H groups in total. The standard InChI is InChI=1S/C29H38ClN3O3/c1-19(2)26(36-27-17-20(3)9-10-24(27)30)13-16-32-14-11-21(12-15-32)33-25-8-6-5-7-22(25)23(29(33)35)18-28(34)31-4/h5-10,17,19,21,23,26H,11-16,18H2,1-4H3,(H,31,34). The van der Waals surface area contributed by atoms with Crippen LogP contribution in [0.25, 0.3) is 0 Å². The van der Waals surface area contributed by atoms with Crippen molar-refractivity contribution >= 4 is 29.1 Å². The van der Waals surface area contributed by atoms with Crippen molar-refractivity contribution in [3.63, 3.8) is 0 Å². The first kappa shape index (κ1) is 26.5. The third kappa shape index (κ3) is 5.87. The molecule has 2 amide bonds. The molecule has 0 spiro atoms. The number of ether oxygens (including phenoxy) is 1. The molecule has 1 saturated heterocycles. The van der Waals surface area contributed by atoms with Crippen molar-refractivity contribution in [3.8, 4) is 5.75 Å². The number of piperidine rings is 1. The number of anilines is 1. The molecule has 36 heavy (non-hydrogen) atoms. The van der Waals surface area contributed by atoms with E-state index in [0.29, 0.717) is 10.9 Å². The van der Waals surface area contributed by atoms with Crippen LogP contribution in [0.4, 0.5) is 5.69 Å². The zero-order valence-corrected chi connectivity index (χ0v) is 22.6. The molecule has 2 unspecified atom stereocenters. The van der Waals surface area contributed by atoms with Crippen LogP contribution in [0.1, 0.15) is 56.6 Å². The van der Waals surface area contributed by atoms with Crippen LogP contribution in [0.2, 0.25) is 5.02 Å². The van der Waals surface area contributed by atoms with Gasteiger partial charge in [-0.2, -0.15) is 0 Å². The van der Waals surface area contributed by atoms with Crippen molar-refractivity contribution in [1.29, 1.82) is 0 Å². The lowest BCUT2D eigenvalue weighted by Gasteiger charge is -2.38. The Morgan fingerprint density at radius 2 is 1.89 bits per heavy atom. The van der Waals surface area contributed by atoms with Crippen LogP contribution in [0, 0.1) is 12.8 Å². The molecular weight excluding hydrogens is 474 g/mol. The molecule has 7 heteroatoms. The molecule has 1 fully saturated rings. The highest BCUT2D eigenvalue weighted by Gasteiger charge is 2.42. The summed E-state index contributed by atoms with van der Waals surface area (Å²) in [6.45, 7) is 9.24. The molecule has 2 aliphatic heterocycles. The van der Waals surface area contributed by atoms with E-state index in [9.17, 15) is 9.59 Å². The number of nitrogens with one attached hydrogen (secondary N) is 1. The number of carbonyl (C=O) groups excluding carboxylic acids is 2. The molecule has 2 heterocycles. The Balaban J connectivity index is 1.35. The maximum Gasteiger partial charge on any atom is 0.235 e. The fraction of sp³-hybridized carbons (Fsp3) is 0.517. The smallest absolute Gasteiger partial charge is 0.235 e. The Morgan fingerprint density at radius 3 is 2.58 bits per heavy atom. The molecule has 6 nitrogen and oxygen atoms in total. The van der Waals surface area contributed by atoms with Gasteiger partial charge in [0.25, 0.3) is 0 Å². The van der Waals surface area contributed by atoms with Gasteiger partial charge in [0.1, 0.15) is 11.9 Å². The van der Waals surface area contributed by atoms with Crippen molar-refractivity contribution in [3.05, 3.63) is 58.6 Å². The minimum atomic E-state index is -0.392. The first-order valence-corrected chi connectivity index (χ1v) is 13.4. The number of halogens is 1. The molecular formula is C29H38ClN3O3. The maximum atomic E-state index is 13.4. The molecule has 2 atom stereocenters. The number of fused-ring (bicyclic) bond motifs is 1. The molecule has 4 rings (SSSR count). The van der Waals surface area contributed by atoms with Gasteiger partial charge in [-0.05, 0) is 61.4 Å². The van der Waals surface area contributed by atoms with Crippen LogP contribution in [0.5, 0.6) is 5.75 Å². The van der Waals surface area contributed by atoms with Gasteiger partial charge in [0.15, 0.2) is 0 Å². The van der Waals surface area contributed by atoms with Gasteiger partial charge < -0.3 is 19.9 Å². The van der Waals surface area contributed by atoms with Crippen LogP contribution in [-0.4, -0.2) is 55.5 Å². The van der Waals surface area contributed by atoms with Crippen LogP contribution >= 0.6 is 11.6 Å². The number of amides is 2. The number of likely N-dealkylation sites (tertiary alicyclic amines) is 1. The SMILES string of the molecule is CNC(=O)CC1C(=O)N(C2CCN(CCC(Oc3cc(C)ccc3Cl)C(C)C)CC2)c2ccccc21. The molecule has 0 bridgehead atoms. The van der Waals surface area contributed by atoms with E-state index in [0.717, 1.165) is 61.5 Å². The van der Waals surface area contributed by atoms with Gasteiger partial charge in [-0.15, -0.1) is 0 Å². The number of hydrogen-bond acceptors (Lipinski definition) is 4. The summed E-state index contributed by atoms with van der Waals surface area (Å²) in [4.78, 5) is 29.9. The quantitative estimate of drug-likeness (QED) is 0.504. The summed E-state index contributed by atoms with van der Waals surface area (Å²) in [5.74, 6) is 0.688. The number of benzene rings is 2. The fourth-order valence-corrected chi connectivity index (χ4v) is 5.55. The van der Waals surface area contributed by atoms with E-state index in [4.69, 9.17) is 16.3 Å². The largest absolute Gasteiger partial charge is 0.489 e.